The number of carbonyl (C=O) groups is 1. The third kappa shape index (κ3) is 3.01. The van der Waals surface area contributed by atoms with Gasteiger partial charge in [0.2, 0.25) is 5.91 Å². The highest BCUT2D eigenvalue weighted by atomic mass is 16.2. The quantitative estimate of drug-likeness (QED) is 0.855. The fraction of sp³-hybridized carbons (Fsp3) is 0.389. The number of hydrogen-bond acceptors (Lipinski definition) is 3. The van der Waals surface area contributed by atoms with E-state index in [1.807, 2.05) is 29.4 Å². The van der Waals surface area contributed by atoms with Gasteiger partial charge in [0.25, 0.3) is 0 Å². The minimum Gasteiger partial charge on any atom is -0.343 e. The van der Waals surface area contributed by atoms with E-state index in [1.165, 1.54) is 5.56 Å². The minimum atomic E-state index is 0.166. The van der Waals surface area contributed by atoms with E-state index >= 15 is 0 Å². The Morgan fingerprint density at radius 3 is 2.45 bits per heavy atom. The van der Waals surface area contributed by atoms with Gasteiger partial charge < -0.3 is 4.90 Å². The zero-order valence-electron chi connectivity index (χ0n) is 13.1. The molecule has 0 saturated carbocycles. The first-order chi connectivity index (χ1) is 10.6. The largest absolute Gasteiger partial charge is 0.343 e. The number of aromatic nitrogens is 2. The van der Waals surface area contributed by atoms with Crippen molar-refractivity contribution in [3.05, 3.63) is 47.9 Å². The van der Waals surface area contributed by atoms with E-state index in [4.69, 9.17) is 0 Å². The number of amides is 1. The molecule has 22 heavy (non-hydrogen) atoms. The number of benzene rings is 1. The lowest BCUT2D eigenvalue weighted by molar-refractivity contribution is -0.129. The fourth-order valence-electron chi connectivity index (χ4n) is 3.04. The lowest BCUT2D eigenvalue weighted by Gasteiger charge is -2.30. The first kappa shape index (κ1) is 14.7. The van der Waals surface area contributed by atoms with Crippen molar-refractivity contribution in [1.82, 2.24) is 14.9 Å². The van der Waals surface area contributed by atoms with Crippen molar-refractivity contribution in [2.24, 2.45) is 0 Å². The summed E-state index contributed by atoms with van der Waals surface area (Å²) in [6.45, 7) is 5.36. The van der Waals surface area contributed by atoms with Gasteiger partial charge in [-0.1, -0.05) is 24.3 Å². The van der Waals surface area contributed by atoms with Crippen LogP contribution in [0.25, 0.3) is 11.3 Å². The van der Waals surface area contributed by atoms with Gasteiger partial charge in [-0.05, 0) is 25.3 Å². The van der Waals surface area contributed by atoms with Gasteiger partial charge in [0, 0.05) is 37.7 Å². The lowest BCUT2D eigenvalue weighted by Crippen LogP contribution is -2.36. The molecule has 0 atom stereocenters. The smallest absolute Gasteiger partial charge is 0.219 e. The van der Waals surface area contributed by atoms with Crippen LogP contribution in [0, 0.1) is 6.92 Å². The summed E-state index contributed by atoms with van der Waals surface area (Å²) in [5.74, 6) is 0.577. The molecule has 4 nitrogen and oxygen atoms in total. The van der Waals surface area contributed by atoms with Crippen LogP contribution in [0.3, 0.4) is 0 Å². The molecule has 1 fully saturated rings. The van der Waals surface area contributed by atoms with Gasteiger partial charge in [-0.2, -0.15) is 0 Å². The summed E-state index contributed by atoms with van der Waals surface area (Å²) >= 11 is 0. The number of likely N-dealkylation sites (tertiary alicyclic amines) is 1. The minimum absolute atomic E-state index is 0.166. The maximum atomic E-state index is 11.4. The Morgan fingerprint density at radius 2 is 1.86 bits per heavy atom. The Hall–Kier alpha value is -2.23. The van der Waals surface area contributed by atoms with E-state index in [-0.39, 0.29) is 5.91 Å². The van der Waals surface area contributed by atoms with Crippen molar-refractivity contribution >= 4 is 5.91 Å². The Morgan fingerprint density at radius 1 is 1.14 bits per heavy atom. The zero-order valence-corrected chi connectivity index (χ0v) is 13.1. The number of piperidine rings is 1. The van der Waals surface area contributed by atoms with Crippen LogP contribution >= 0.6 is 0 Å². The van der Waals surface area contributed by atoms with Crippen LogP contribution in [-0.2, 0) is 4.79 Å². The summed E-state index contributed by atoms with van der Waals surface area (Å²) in [4.78, 5) is 22.5. The van der Waals surface area contributed by atoms with Crippen LogP contribution in [0.2, 0.25) is 0 Å². The zero-order chi connectivity index (χ0) is 15.5. The van der Waals surface area contributed by atoms with Crippen molar-refractivity contribution in [2.45, 2.75) is 32.6 Å². The van der Waals surface area contributed by atoms with Gasteiger partial charge in [0.15, 0.2) is 0 Å². The average molecular weight is 295 g/mol. The van der Waals surface area contributed by atoms with Gasteiger partial charge in [0.1, 0.15) is 0 Å². The van der Waals surface area contributed by atoms with E-state index in [0.29, 0.717) is 5.92 Å². The van der Waals surface area contributed by atoms with Crippen molar-refractivity contribution in [1.29, 1.82) is 0 Å². The first-order valence-corrected chi connectivity index (χ1v) is 7.78. The van der Waals surface area contributed by atoms with Crippen LogP contribution in [0.5, 0.6) is 0 Å². The van der Waals surface area contributed by atoms with Crippen LogP contribution in [0.4, 0.5) is 0 Å². The summed E-state index contributed by atoms with van der Waals surface area (Å²) in [5.41, 5.74) is 4.30. The molecule has 1 saturated heterocycles. The highest BCUT2D eigenvalue weighted by molar-refractivity contribution is 5.73. The molecule has 2 aromatic rings. The summed E-state index contributed by atoms with van der Waals surface area (Å²) in [7, 11) is 0. The molecule has 1 amide bonds. The molecule has 3 rings (SSSR count). The van der Waals surface area contributed by atoms with E-state index < -0.39 is 0 Å². The van der Waals surface area contributed by atoms with Crippen molar-refractivity contribution in [3.8, 4) is 11.3 Å². The van der Waals surface area contributed by atoms with Crippen molar-refractivity contribution < 1.29 is 4.79 Å². The van der Waals surface area contributed by atoms with E-state index in [9.17, 15) is 4.79 Å². The number of nitrogens with zero attached hydrogens (tertiary/aromatic N) is 3. The van der Waals surface area contributed by atoms with Crippen molar-refractivity contribution in [3.63, 3.8) is 0 Å². The molecular formula is C18H21N3O. The molecule has 0 unspecified atom stereocenters. The molecule has 1 aliphatic heterocycles. The van der Waals surface area contributed by atoms with Gasteiger partial charge in [0.05, 0.1) is 17.6 Å². The van der Waals surface area contributed by atoms with Gasteiger partial charge in [-0.15, -0.1) is 0 Å². The molecule has 0 aliphatic carbocycles. The monoisotopic (exact) mass is 295 g/mol. The molecule has 2 heterocycles. The number of carbonyl (C=O) groups excluding carboxylic acids is 1. The average Bonchev–Trinajstić information content (AvgIpc) is 2.56. The van der Waals surface area contributed by atoms with E-state index in [1.54, 1.807) is 6.92 Å². The molecule has 0 spiro atoms. The van der Waals surface area contributed by atoms with Crippen LogP contribution in [-0.4, -0.2) is 33.9 Å². The van der Waals surface area contributed by atoms with Crippen LogP contribution < -0.4 is 0 Å². The topological polar surface area (TPSA) is 46.1 Å². The second-order valence-electron chi connectivity index (χ2n) is 5.92. The Balaban J connectivity index is 1.73. The maximum absolute atomic E-state index is 11.4. The lowest BCUT2D eigenvalue weighted by atomic mass is 9.93. The number of hydrogen-bond donors (Lipinski definition) is 0. The predicted molar refractivity (Wildman–Crippen MR) is 86.4 cm³/mol. The summed E-state index contributed by atoms with van der Waals surface area (Å²) < 4.78 is 0. The van der Waals surface area contributed by atoms with Gasteiger partial charge in [-0.3, -0.25) is 14.8 Å². The Labute approximate surface area is 131 Å². The van der Waals surface area contributed by atoms with Gasteiger partial charge in [-0.25, -0.2) is 0 Å². The Kier molecular flexibility index (Phi) is 4.18. The molecule has 1 aromatic carbocycles. The molecule has 4 heteroatoms. The van der Waals surface area contributed by atoms with Gasteiger partial charge >= 0.3 is 0 Å². The normalized spacial score (nSPS) is 15.8. The van der Waals surface area contributed by atoms with E-state index in [0.717, 1.165) is 42.9 Å². The number of aryl methyl sites for hydroxylation is 1. The second-order valence-corrected chi connectivity index (χ2v) is 5.92. The molecular weight excluding hydrogens is 274 g/mol. The van der Waals surface area contributed by atoms with Crippen LogP contribution in [0.15, 0.2) is 36.7 Å². The maximum Gasteiger partial charge on any atom is 0.219 e. The molecule has 0 N–H and O–H groups in total. The fourth-order valence-corrected chi connectivity index (χ4v) is 3.04. The highest BCUT2D eigenvalue weighted by Crippen LogP contribution is 2.27. The van der Waals surface area contributed by atoms with Crippen LogP contribution in [0.1, 0.15) is 36.9 Å². The first-order valence-electron chi connectivity index (χ1n) is 7.78. The SMILES string of the molecule is CC(=O)N1CCC(c2cnc(-c3ccccc3C)cn2)CC1. The molecule has 114 valence electrons. The third-order valence-electron chi connectivity index (χ3n) is 4.45. The second kappa shape index (κ2) is 6.26. The molecule has 0 radical (unpaired) electrons. The predicted octanol–water partition coefficient (Wildman–Crippen LogP) is 3.18. The summed E-state index contributed by atoms with van der Waals surface area (Å²) in [6.07, 6.45) is 5.71. The van der Waals surface area contributed by atoms with E-state index in [2.05, 4.69) is 29.0 Å². The highest BCUT2D eigenvalue weighted by Gasteiger charge is 2.23. The molecule has 0 bridgehead atoms. The molecule has 1 aromatic heterocycles. The standard InChI is InChI=1S/C18H21N3O/c1-13-5-3-4-6-16(13)18-12-19-17(11-20-18)15-7-9-21(10-8-15)14(2)22/h3-6,11-12,15H,7-10H2,1-2H3. The third-order valence-corrected chi connectivity index (χ3v) is 4.45. The summed E-state index contributed by atoms with van der Waals surface area (Å²) in [5, 5.41) is 0. The van der Waals surface area contributed by atoms with Crippen molar-refractivity contribution in [2.75, 3.05) is 13.1 Å². The Bertz CT molecular complexity index is 658. The molecule has 1 aliphatic rings. The summed E-state index contributed by atoms with van der Waals surface area (Å²) in [6, 6.07) is 8.21. The number of rotatable bonds is 2.